The third-order valence-corrected chi connectivity index (χ3v) is 3.54. The Hall–Kier alpha value is -2.21. The molecule has 2 rings (SSSR count). The summed E-state index contributed by atoms with van der Waals surface area (Å²) in [6.45, 7) is 0. The predicted octanol–water partition coefficient (Wildman–Crippen LogP) is 2.40. The smallest absolute Gasteiger partial charge is 0.234 e. The number of carbonyl (C=O) groups excluding carboxylic acids is 1. The normalized spacial score (nSPS) is 10.1. The number of hydrogen-bond acceptors (Lipinski definition) is 5. The summed E-state index contributed by atoms with van der Waals surface area (Å²) in [5.41, 5.74) is 6.99. The summed E-state index contributed by atoms with van der Waals surface area (Å²) < 4.78 is 5.17. The van der Waals surface area contributed by atoms with Crippen LogP contribution in [0.3, 0.4) is 0 Å². The van der Waals surface area contributed by atoms with Gasteiger partial charge in [0.2, 0.25) is 5.91 Å². The minimum atomic E-state index is -0.135. The van der Waals surface area contributed by atoms with Crippen molar-refractivity contribution in [3.8, 4) is 5.75 Å². The van der Waals surface area contributed by atoms with E-state index in [1.54, 1.807) is 37.6 Å². The van der Waals surface area contributed by atoms with Crippen LogP contribution in [-0.2, 0) is 4.79 Å². The van der Waals surface area contributed by atoms with Crippen LogP contribution in [0.1, 0.15) is 0 Å². The number of aromatic nitrogens is 1. The van der Waals surface area contributed by atoms with Gasteiger partial charge in [-0.05, 0) is 24.3 Å². The standard InChI is InChI=1S/C14H15N3O2S/c1-19-12-7-3-2-6-11(12)17-13(18)9-20-14-10(15)5-4-8-16-14/h2-8H,9,15H2,1H3,(H,17,18). The molecule has 3 N–H and O–H groups in total. The van der Waals surface area contributed by atoms with E-state index in [2.05, 4.69) is 10.3 Å². The second kappa shape index (κ2) is 6.81. The lowest BCUT2D eigenvalue weighted by molar-refractivity contribution is -0.113. The van der Waals surface area contributed by atoms with Gasteiger partial charge in [-0.15, -0.1) is 0 Å². The molecule has 0 bridgehead atoms. The van der Waals surface area contributed by atoms with Crippen LogP contribution < -0.4 is 15.8 Å². The maximum Gasteiger partial charge on any atom is 0.234 e. The number of rotatable bonds is 5. The number of hydrogen-bond donors (Lipinski definition) is 2. The van der Waals surface area contributed by atoms with E-state index in [-0.39, 0.29) is 11.7 Å². The molecule has 1 aromatic heterocycles. The van der Waals surface area contributed by atoms with Crippen molar-refractivity contribution in [3.63, 3.8) is 0 Å². The van der Waals surface area contributed by atoms with Crippen LogP contribution in [0, 0.1) is 0 Å². The Kier molecular flexibility index (Phi) is 4.84. The molecule has 0 aliphatic carbocycles. The highest BCUT2D eigenvalue weighted by atomic mass is 32.2. The second-order valence-corrected chi connectivity index (χ2v) is 4.90. The molecule has 1 heterocycles. The van der Waals surface area contributed by atoms with E-state index < -0.39 is 0 Å². The zero-order valence-corrected chi connectivity index (χ0v) is 11.8. The minimum absolute atomic E-state index is 0.135. The molecule has 0 aliphatic heterocycles. The molecule has 2 aromatic rings. The van der Waals surface area contributed by atoms with Gasteiger partial charge in [0.15, 0.2) is 0 Å². The number of methoxy groups -OCH3 is 1. The number of ether oxygens (including phenoxy) is 1. The van der Waals surface area contributed by atoms with Gasteiger partial charge in [0.05, 0.1) is 24.2 Å². The number of benzene rings is 1. The first-order valence-corrected chi connectivity index (χ1v) is 6.95. The van der Waals surface area contributed by atoms with Gasteiger partial charge >= 0.3 is 0 Å². The van der Waals surface area contributed by atoms with E-state index >= 15 is 0 Å². The number of carbonyl (C=O) groups is 1. The zero-order valence-electron chi connectivity index (χ0n) is 11.0. The van der Waals surface area contributed by atoms with Crippen LogP contribution in [0.15, 0.2) is 47.6 Å². The molecular weight excluding hydrogens is 274 g/mol. The molecule has 1 amide bonds. The topological polar surface area (TPSA) is 77.2 Å². The lowest BCUT2D eigenvalue weighted by atomic mass is 10.3. The van der Waals surface area contributed by atoms with Gasteiger partial charge in [-0.25, -0.2) is 4.98 Å². The van der Waals surface area contributed by atoms with Crippen LogP contribution in [0.4, 0.5) is 11.4 Å². The third kappa shape index (κ3) is 3.64. The van der Waals surface area contributed by atoms with Crippen molar-refractivity contribution in [1.29, 1.82) is 0 Å². The maximum absolute atomic E-state index is 11.9. The highest BCUT2D eigenvalue weighted by Crippen LogP contribution is 2.25. The van der Waals surface area contributed by atoms with Crippen molar-refractivity contribution in [2.75, 3.05) is 23.9 Å². The molecule has 5 nitrogen and oxygen atoms in total. The van der Waals surface area contributed by atoms with Crippen molar-refractivity contribution < 1.29 is 9.53 Å². The number of anilines is 2. The zero-order chi connectivity index (χ0) is 14.4. The Labute approximate surface area is 121 Å². The van der Waals surface area contributed by atoms with Crippen molar-refractivity contribution in [1.82, 2.24) is 4.98 Å². The fourth-order valence-corrected chi connectivity index (χ4v) is 2.30. The van der Waals surface area contributed by atoms with Gasteiger partial charge in [-0.1, -0.05) is 23.9 Å². The number of nitrogen functional groups attached to an aromatic ring is 1. The molecular formula is C14H15N3O2S. The van der Waals surface area contributed by atoms with E-state index in [9.17, 15) is 4.79 Å². The molecule has 0 unspecified atom stereocenters. The van der Waals surface area contributed by atoms with Crippen molar-refractivity contribution in [3.05, 3.63) is 42.6 Å². The quantitative estimate of drug-likeness (QED) is 0.826. The van der Waals surface area contributed by atoms with E-state index in [0.717, 1.165) is 0 Å². The summed E-state index contributed by atoms with van der Waals surface area (Å²) in [5.74, 6) is 0.729. The molecule has 0 radical (unpaired) electrons. The third-order valence-electron chi connectivity index (χ3n) is 2.52. The Bertz CT molecular complexity index is 604. The van der Waals surface area contributed by atoms with Gasteiger partial charge < -0.3 is 15.8 Å². The average molecular weight is 289 g/mol. The molecule has 0 fully saturated rings. The molecule has 6 heteroatoms. The molecule has 0 spiro atoms. The predicted molar refractivity (Wildman–Crippen MR) is 81.0 cm³/mol. The molecule has 1 aromatic carbocycles. The van der Waals surface area contributed by atoms with Gasteiger partial charge in [-0.3, -0.25) is 4.79 Å². The molecule has 0 saturated heterocycles. The monoisotopic (exact) mass is 289 g/mol. The number of amides is 1. The van der Waals surface area contributed by atoms with Crippen LogP contribution in [0.5, 0.6) is 5.75 Å². The number of pyridine rings is 1. The molecule has 0 atom stereocenters. The second-order valence-electron chi connectivity index (χ2n) is 3.93. The summed E-state index contributed by atoms with van der Waals surface area (Å²) in [4.78, 5) is 16.0. The molecule has 0 saturated carbocycles. The first kappa shape index (κ1) is 14.2. The Balaban J connectivity index is 1.95. The molecule has 20 heavy (non-hydrogen) atoms. The average Bonchev–Trinajstić information content (AvgIpc) is 2.47. The van der Waals surface area contributed by atoms with E-state index in [1.165, 1.54) is 11.8 Å². The number of nitrogens with zero attached hydrogens (tertiary/aromatic N) is 1. The number of thioether (sulfide) groups is 1. The van der Waals surface area contributed by atoms with E-state index in [1.807, 2.05) is 12.1 Å². The fraction of sp³-hybridized carbons (Fsp3) is 0.143. The summed E-state index contributed by atoms with van der Waals surface area (Å²) in [5, 5.41) is 3.45. The van der Waals surface area contributed by atoms with Crippen LogP contribution in [0.25, 0.3) is 0 Å². The Morgan fingerprint density at radius 2 is 2.15 bits per heavy atom. The first-order valence-electron chi connectivity index (χ1n) is 5.97. The largest absolute Gasteiger partial charge is 0.495 e. The minimum Gasteiger partial charge on any atom is -0.495 e. The van der Waals surface area contributed by atoms with E-state index in [4.69, 9.17) is 10.5 Å². The summed E-state index contributed by atoms with van der Waals surface area (Å²) in [6.07, 6.45) is 1.65. The van der Waals surface area contributed by atoms with Crippen LogP contribution >= 0.6 is 11.8 Å². The summed E-state index contributed by atoms with van der Waals surface area (Å²) in [7, 11) is 1.56. The highest BCUT2D eigenvalue weighted by Gasteiger charge is 2.09. The molecule has 0 aliphatic rings. The Morgan fingerprint density at radius 3 is 2.90 bits per heavy atom. The van der Waals surface area contributed by atoms with Crippen molar-refractivity contribution in [2.24, 2.45) is 0 Å². The highest BCUT2D eigenvalue weighted by molar-refractivity contribution is 8.00. The van der Waals surface area contributed by atoms with Crippen molar-refractivity contribution >= 4 is 29.0 Å². The lowest BCUT2D eigenvalue weighted by Crippen LogP contribution is -2.14. The lowest BCUT2D eigenvalue weighted by Gasteiger charge is -2.09. The van der Waals surface area contributed by atoms with Crippen LogP contribution in [-0.4, -0.2) is 23.8 Å². The van der Waals surface area contributed by atoms with Gasteiger partial charge in [0, 0.05) is 6.20 Å². The molecule has 104 valence electrons. The maximum atomic E-state index is 11.9. The van der Waals surface area contributed by atoms with Gasteiger partial charge in [0.25, 0.3) is 0 Å². The number of nitrogens with two attached hydrogens (primary N) is 1. The SMILES string of the molecule is COc1ccccc1NC(=O)CSc1ncccc1N. The number of para-hydroxylation sites is 2. The van der Waals surface area contributed by atoms with Gasteiger partial charge in [-0.2, -0.15) is 0 Å². The van der Waals surface area contributed by atoms with Gasteiger partial charge in [0.1, 0.15) is 10.8 Å². The first-order chi connectivity index (χ1) is 9.70. The summed E-state index contributed by atoms with van der Waals surface area (Å²) >= 11 is 1.30. The van der Waals surface area contributed by atoms with Crippen LogP contribution in [0.2, 0.25) is 0 Å². The number of nitrogens with one attached hydrogen (secondary N) is 1. The fourth-order valence-electron chi connectivity index (χ4n) is 1.59. The summed E-state index contributed by atoms with van der Waals surface area (Å²) in [6, 6.07) is 10.8. The Morgan fingerprint density at radius 1 is 1.35 bits per heavy atom. The van der Waals surface area contributed by atoms with Crippen molar-refractivity contribution in [2.45, 2.75) is 5.03 Å². The van der Waals surface area contributed by atoms with E-state index in [0.29, 0.717) is 22.2 Å².